The van der Waals surface area contributed by atoms with Gasteiger partial charge in [0.25, 0.3) is 5.56 Å². The highest BCUT2D eigenvalue weighted by molar-refractivity contribution is 5.33. The monoisotopic (exact) mass is 386 g/mol. The second-order valence-corrected chi connectivity index (χ2v) is 7.72. The summed E-state index contributed by atoms with van der Waals surface area (Å²) < 4.78 is 7.37. The van der Waals surface area contributed by atoms with Gasteiger partial charge in [0.15, 0.2) is 0 Å². The zero-order valence-corrected chi connectivity index (χ0v) is 16.9. The molecule has 0 saturated carbocycles. The van der Waals surface area contributed by atoms with Gasteiger partial charge in [0, 0.05) is 18.2 Å². The van der Waals surface area contributed by atoms with Crippen LogP contribution in [0.25, 0.3) is 0 Å². The number of hydrogen-bond acceptors (Lipinski definition) is 4. The Morgan fingerprint density at radius 3 is 2.61 bits per heavy atom. The molecule has 28 heavy (non-hydrogen) atoms. The summed E-state index contributed by atoms with van der Waals surface area (Å²) in [6.45, 7) is 6.15. The quantitative estimate of drug-likeness (QED) is 0.717. The normalized spacial score (nSPS) is 21.9. The fourth-order valence-electron chi connectivity index (χ4n) is 4.03. The fourth-order valence-corrected chi connectivity index (χ4v) is 4.03. The van der Waals surface area contributed by atoms with E-state index in [1.54, 1.807) is 6.20 Å². The summed E-state index contributed by atoms with van der Waals surface area (Å²) in [7, 11) is 0. The third kappa shape index (κ3) is 4.45. The number of rotatable bonds is 7. The molecule has 1 aromatic carbocycles. The first-order valence-corrected chi connectivity index (χ1v) is 10.1. The molecule has 0 radical (unpaired) electrons. The maximum atomic E-state index is 12.1. The van der Waals surface area contributed by atoms with E-state index in [-0.39, 0.29) is 11.7 Å². The van der Waals surface area contributed by atoms with E-state index in [4.69, 9.17) is 4.74 Å². The van der Waals surface area contributed by atoms with Crippen LogP contribution in [-0.2, 0) is 17.6 Å². The molecule has 3 rings (SSSR count). The Hall–Kier alpha value is -2.18. The first-order valence-electron chi connectivity index (χ1n) is 10.1. The number of hydrogen-bond donors (Lipinski definition) is 2. The smallest absolute Gasteiger partial charge is 0.330 e. The van der Waals surface area contributed by atoms with Gasteiger partial charge in [-0.05, 0) is 56.2 Å². The van der Waals surface area contributed by atoms with Gasteiger partial charge in [-0.2, -0.15) is 0 Å². The van der Waals surface area contributed by atoms with E-state index >= 15 is 0 Å². The van der Waals surface area contributed by atoms with Crippen LogP contribution in [0.1, 0.15) is 61.1 Å². The molecule has 2 heterocycles. The summed E-state index contributed by atoms with van der Waals surface area (Å²) in [4.78, 5) is 26.2. The number of nitrogens with zero attached hydrogens (tertiary/aromatic N) is 1. The average molecular weight is 386 g/mol. The van der Waals surface area contributed by atoms with Crippen LogP contribution in [0.2, 0.25) is 0 Å². The number of aliphatic hydroxyl groups is 1. The maximum Gasteiger partial charge on any atom is 0.330 e. The lowest BCUT2D eigenvalue weighted by Gasteiger charge is -2.17. The molecule has 2 aromatic rings. The van der Waals surface area contributed by atoms with Gasteiger partial charge in [-0.3, -0.25) is 14.3 Å². The highest BCUT2D eigenvalue weighted by atomic mass is 16.5. The average Bonchev–Trinajstić information content (AvgIpc) is 3.01. The van der Waals surface area contributed by atoms with Crippen molar-refractivity contribution in [3.05, 3.63) is 67.5 Å². The SMILES string of the molecule is CCc1cn([C@@H]2CC(O)[C@H](CCCCc3c(C)cccc3C)O2)c(=O)[nH]c1=O. The summed E-state index contributed by atoms with van der Waals surface area (Å²) in [6.07, 6.45) is 4.77. The highest BCUT2D eigenvalue weighted by Gasteiger charge is 2.35. The summed E-state index contributed by atoms with van der Waals surface area (Å²) in [5, 5.41) is 10.4. The van der Waals surface area contributed by atoms with Crippen molar-refractivity contribution < 1.29 is 9.84 Å². The summed E-state index contributed by atoms with van der Waals surface area (Å²) in [5.41, 5.74) is 3.73. The number of unbranched alkanes of at least 4 members (excludes halogenated alkanes) is 1. The fraction of sp³-hybridized carbons (Fsp3) is 0.545. The van der Waals surface area contributed by atoms with Crippen LogP contribution in [0, 0.1) is 13.8 Å². The van der Waals surface area contributed by atoms with Gasteiger partial charge < -0.3 is 9.84 Å². The Kier molecular flexibility index (Phi) is 6.52. The zero-order valence-electron chi connectivity index (χ0n) is 16.9. The molecule has 1 fully saturated rings. The van der Waals surface area contributed by atoms with E-state index in [0.29, 0.717) is 18.4 Å². The number of aryl methyl sites for hydroxylation is 3. The molecule has 0 spiro atoms. The second kappa shape index (κ2) is 8.88. The minimum Gasteiger partial charge on any atom is -0.390 e. The molecule has 3 atom stereocenters. The summed E-state index contributed by atoms with van der Waals surface area (Å²) in [6, 6.07) is 6.37. The van der Waals surface area contributed by atoms with Crippen LogP contribution >= 0.6 is 0 Å². The molecule has 1 aliphatic heterocycles. The van der Waals surface area contributed by atoms with Crippen LogP contribution in [0.3, 0.4) is 0 Å². The number of aromatic amines is 1. The number of aromatic nitrogens is 2. The van der Waals surface area contributed by atoms with Crippen molar-refractivity contribution in [2.45, 2.75) is 77.7 Å². The molecule has 0 bridgehead atoms. The Morgan fingerprint density at radius 2 is 1.93 bits per heavy atom. The molecule has 152 valence electrons. The third-order valence-electron chi connectivity index (χ3n) is 5.75. The molecule has 1 aliphatic rings. The van der Waals surface area contributed by atoms with Crippen molar-refractivity contribution in [1.82, 2.24) is 9.55 Å². The van der Waals surface area contributed by atoms with Crippen molar-refractivity contribution in [3.63, 3.8) is 0 Å². The molecule has 1 aromatic heterocycles. The molecule has 0 amide bonds. The molecule has 6 heteroatoms. The molecule has 1 saturated heterocycles. The number of ether oxygens (including phenoxy) is 1. The van der Waals surface area contributed by atoms with Crippen LogP contribution in [0.4, 0.5) is 0 Å². The van der Waals surface area contributed by atoms with Crippen molar-refractivity contribution in [1.29, 1.82) is 0 Å². The highest BCUT2D eigenvalue weighted by Crippen LogP contribution is 2.30. The molecular formula is C22H30N2O4. The number of benzene rings is 1. The topological polar surface area (TPSA) is 84.3 Å². The third-order valence-corrected chi connectivity index (χ3v) is 5.75. The van der Waals surface area contributed by atoms with Crippen LogP contribution < -0.4 is 11.2 Å². The predicted octanol–water partition coefficient (Wildman–Crippen LogP) is 2.78. The van der Waals surface area contributed by atoms with Crippen molar-refractivity contribution in [3.8, 4) is 0 Å². The van der Waals surface area contributed by atoms with Crippen LogP contribution in [0.15, 0.2) is 34.0 Å². The molecule has 0 aliphatic carbocycles. The molecule has 1 unspecified atom stereocenters. The van der Waals surface area contributed by atoms with Gasteiger partial charge in [-0.15, -0.1) is 0 Å². The van der Waals surface area contributed by atoms with Crippen LogP contribution in [0.5, 0.6) is 0 Å². The minimum absolute atomic E-state index is 0.285. The summed E-state index contributed by atoms with van der Waals surface area (Å²) in [5.74, 6) is 0. The van der Waals surface area contributed by atoms with Gasteiger partial charge in [-0.25, -0.2) is 4.79 Å². The first-order chi connectivity index (χ1) is 13.4. The van der Waals surface area contributed by atoms with Crippen molar-refractivity contribution >= 4 is 0 Å². The Labute approximate surface area is 165 Å². The number of H-pyrrole nitrogens is 1. The van der Waals surface area contributed by atoms with Gasteiger partial charge >= 0.3 is 5.69 Å². The van der Waals surface area contributed by atoms with Gasteiger partial charge in [-0.1, -0.05) is 31.5 Å². The van der Waals surface area contributed by atoms with Crippen molar-refractivity contribution in [2.24, 2.45) is 0 Å². The molecule has 2 N–H and O–H groups in total. The minimum atomic E-state index is -0.603. The molecule has 6 nitrogen and oxygen atoms in total. The lowest BCUT2D eigenvalue weighted by atomic mass is 9.96. The van der Waals surface area contributed by atoms with E-state index in [1.165, 1.54) is 21.3 Å². The van der Waals surface area contributed by atoms with E-state index < -0.39 is 18.0 Å². The van der Waals surface area contributed by atoms with E-state index in [9.17, 15) is 14.7 Å². The van der Waals surface area contributed by atoms with Crippen molar-refractivity contribution in [2.75, 3.05) is 0 Å². The number of aliphatic hydroxyl groups excluding tert-OH is 1. The Balaban J connectivity index is 1.57. The standard InChI is InChI=1S/C22H30N2O4/c1-4-16-13-24(22(27)23-21(16)26)20-12-18(25)19(28-20)11-6-5-10-17-14(2)8-7-9-15(17)3/h7-9,13,18-20,25H,4-6,10-12H2,1-3H3,(H,23,26,27)/t18?,19-,20-/m0/s1. The van der Waals surface area contributed by atoms with Gasteiger partial charge in [0.05, 0.1) is 12.2 Å². The Morgan fingerprint density at radius 1 is 1.21 bits per heavy atom. The van der Waals surface area contributed by atoms with Gasteiger partial charge in [0.2, 0.25) is 0 Å². The van der Waals surface area contributed by atoms with Crippen LogP contribution in [-0.4, -0.2) is 26.9 Å². The van der Waals surface area contributed by atoms with E-state index in [2.05, 4.69) is 37.0 Å². The number of nitrogens with one attached hydrogen (secondary N) is 1. The lowest BCUT2D eigenvalue weighted by molar-refractivity contribution is -0.0253. The first kappa shape index (κ1) is 20.6. The molecular weight excluding hydrogens is 356 g/mol. The zero-order chi connectivity index (χ0) is 20.3. The van der Waals surface area contributed by atoms with E-state index in [0.717, 1.165) is 25.7 Å². The summed E-state index contributed by atoms with van der Waals surface area (Å²) >= 11 is 0. The lowest BCUT2D eigenvalue weighted by Crippen LogP contribution is -2.34. The predicted molar refractivity (Wildman–Crippen MR) is 109 cm³/mol. The second-order valence-electron chi connectivity index (χ2n) is 7.72. The Bertz CT molecular complexity index is 911. The maximum absolute atomic E-state index is 12.1. The largest absolute Gasteiger partial charge is 0.390 e. The van der Waals surface area contributed by atoms with Gasteiger partial charge in [0.1, 0.15) is 6.23 Å². The van der Waals surface area contributed by atoms with E-state index in [1.807, 2.05) is 6.92 Å².